The van der Waals surface area contributed by atoms with Crippen molar-refractivity contribution in [2.45, 2.75) is 20.0 Å². The average molecular weight is 404 g/mol. The predicted molar refractivity (Wildman–Crippen MR) is 114 cm³/mol. The summed E-state index contributed by atoms with van der Waals surface area (Å²) in [6.07, 6.45) is -0.807. The van der Waals surface area contributed by atoms with Crippen LogP contribution in [0.25, 0.3) is 22.2 Å². The number of carbonyl (C=O) groups excluding carboxylic acids is 1. The molecule has 0 fully saturated rings. The molecule has 30 heavy (non-hydrogen) atoms. The normalized spacial score (nSPS) is 12.0. The number of anilines is 1. The van der Waals surface area contributed by atoms with Gasteiger partial charge >= 0.3 is 0 Å². The number of fused-ring (bicyclic) bond motifs is 1. The van der Waals surface area contributed by atoms with E-state index in [1.54, 1.807) is 11.6 Å². The molecule has 7 heteroatoms. The summed E-state index contributed by atoms with van der Waals surface area (Å²) in [6, 6.07) is 17.3. The third kappa shape index (κ3) is 3.87. The van der Waals surface area contributed by atoms with E-state index in [1.807, 2.05) is 50.4 Å². The van der Waals surface area contributed by atoms with Crippen LogP contribution in [-0.2, 0) is 11.8 Å². The molecule has 0 spiro atoms. The van der Waals surface area contributed by atoms with E-state index < -0.39 is 6.10 Å². The van der Waals surface area contributed by atoms with Crippen LogP contribution in [0.5, 0.6) is 5.88 Å². The van der Waals surface area contributed by atoms with Gasteiger partial charge in [-0.2, -0.15) is 10.1 Å². The molecule has 0 radical (unpaired) electrons. The molecule has 1 N–H and O–H groups in total. The van der Waals surface area contributed by atoms with Gasteiger partial charge in [0.15, 0.2) is 11.8 Å². The monoisotopic (exact) mass is 404 g/mol. The van der Waals surface area contributed by atoms with E-state index in [0.29, 0.717) is 17.2 Å². The zero-order valence-corrected chi connectivity index (χ0v) is 16.9. The molecule has 0 saturated heterocycles. The minimum atomic E-state index is -0.807. The third-order valence-corrected chi connectivity index (χ3v) is 4.81. The summed E-state index contributed by atoms with van der Waals surface area (Å²) >= 11 is 0. The second-order valence-electron chi connectivity index (χ2n) is 7.04. The van der Waals surface area contributed by atoms with Crippen molar-refractivity contribution in [2.75, 3.05) is 5.32 Å². The number of nitrogens with one attached hydrogen (secondary N) is 1. The number of rotatable bonds is 5. The van der Waals surface area contributed by atoms with Gasteiger partial charge in [-0.3, -0.25) is 9.48 Å². The largest absolute Gasteiger partial charge is 0.464 e. The van der Waals surface area contributed by atoms with Gasteiger partial charge in [-0.1, -0.05) is 30.3 Å². The van der Waals surface area contributed by atoms with Crippen LogP contribution >= 0.6 is 0 Å². The fourth-order valence-electron chi connectivity index (χ4n) is 3.34. The number of amides is 1. The number of halogens is 1. The maximum absolute atomic E-state index is 13.1. The van der Waals surface area contributed by atoms with Crippen molar-refractivity contribution in [1.82, 2.24) is 14.8 Å². The van der Waals surface area contributed by atoms with Crippen LogP contribution in [0.2, 0.25) is 0 Å². The Morgan fingerprint density at radius 3 is 2.53 bits per heavy atom. The van der Waals surface area contributed by atoms with E-state index in [4.69, 9.17) is 4.74 Å². The minimum Gasteiger partial charge on any atom is -0.464 e. The molecule has 0 aliphatic heterocycles. The number of hydrogen-bond acceptors (Lipinski definition) is 4. The van der Waals surface area contributed by atoms with Crippen LogP contribution in [-0.4, -0.2) is 26.8 Å². The first-order valence-corrected chi connectivity index (χ1v) is 9.55. The summed E-state index contributed by atoms with van der Waals surface area (Å²) in [6.45, 7) is 3.58. The van der Waals surface area contributed by atoms with Crippen LogP contribution in [0.15, 0.2) is 60.7 Å². The van der Waals surface area contributed by atoms with Crippen molar-refractivity contribution < 1.29 is 13.9 Å². The second kappa shape index (κ2) is 7.94. The molecule has 1 atom stereocenters. The minimum absolute atomic E-state index is 0.325. The third-order valence-electron chi connectivity index (χ3n) is 4.81. The predicted octanol–water partition coefficient (Wildman–Crippen LogP) is 4.49. The van der Waals surface area contributed by atoms with E-state index in [9.17, 15) is 9.18 Å². The summed E-state index contributed by atoms with van der Waals surface area (Å²) in [5, 5.41) is 8.14. The fraction of sp³-hybridized carbons (Fsp3) is 0.174. The SMILES string of the molecule is Cc1nn(C)c2nc(O[C@H](C)C(=O)Nc3ccc(F)cc3)cc(-c3ccccc3)c12. The lowest BCUT2D eigenvalue weighted by atomic mass is 10.0. The van der Waals surface area contributed by atoms with Crippen molar-refractivity contribution in [3.63, 3.8) is 0 Å². The lowest BCUT2D eigenvalue weighted by Gasteiger charge is -2.15. The van der Waals surface area contributed by atoms with Crippen LogP contribution in [0.1, 0.15) is 12.6 Å². The number of ether oxygens (including phenoxy) is 1. The Kier molecular flexibility index (Phi) is 5.18. The molecule has 0 unspecified atom stereocenters. The molecule has 2 heterocycles. The molecule has 0 saturated carbocycles. The Balaban J connectivity index is 1.65. The summed E-state index contributed by atoms with van der Waals surface area (Å²) in [4.78, 5) is 17.1. The molecule has 0 bridgehead atoms. The van der Waals surface area contributed by atoms with E-state index in [0.717, 1.165) is 22.2 Å². The maximum Gasteiger partial charge on any atom is 0.265 e. The zero-order chi connectivity index (χ0) is 21.3. The van der Waals surface area contributed by atoms with Gasteiger partial charge < -0.3 is 10.1 Å². The van der Waals surface area contributed by atoms with E-state index in [1.165, 1.54) is 24.3 Å². The number of aromatic nitrogens is 3. The molecule has 0 aliphatic rings. The topological polar surface area (TPSA) is 69.0 Å². The lowest BCUT2D eigenvalue weighted by Crippen LogP contribution is -2.30. The number of pyridine rings is 1. The highest BCUT2D eigenvalue weighted by molar-refractivity contribution is 5.96. The van der Waals surface area contributed by atoms with Crippen LogP contribution < -0.4 is 10.1 Å². The number of aryl methyl sites for hydroxylation is 2. The molecule has 0 aliphatic carbocycles. The Hall–Kier alpha value is -3.74. The second-order valence-corrected chi connectivity index (χ2v) is 7.04. The molecular weight excluding hydrogens is 383 g/mol. The Morgan fingerprint density at radius 2 is 1.83 bits per heavy atom. The first-order chi connectivity index (χ1) is 14.4. The van der Waals surface area contributed by atoms with E-state index >= 15 is 0 Å². The highest BCUT2D eigenvalue weighted by atomic mass is 19.1. The average Bonchev–Trinajstić information content (AvgIpc) is 3.03. The standard InChI is InChI=1S/C23H21FN4O2/c1-14-21-19(16-7-5-4-6-8-16)13-20(26-22(21)28(3)27-14)30-15(2)23(29)25-18-11-9-17(24)10-12-18/h4-13,15H,1-3H3,(H,25,29)/t15-/m1/s1. The molecule has 1 amide bonds. The van der Waals surface area contributed by atoms with Crippen molar-refractivity contribution in [2.24, 2.45) is 7.05 Å². The van der Waals surface area contributed by atoms with Gasteiger partial charge in [-0.25, -0.2) is 4.39 Å². The number of hydrogen-bond donors (Lipinski definition) is 1. The summed E-state index contributed by atoms with van der Waals surface area (Å²) in [5.74, 6) is -0.397. The Labute approximate surface area is 173 Å². The maximum atomic E-state index is 13.1. The fourth-order valence-corrected chi connectivity index (χ4v) is 3.34. The smallest absolute Gasteiger partial charge is 0.265 e. The highest BCUT2D eigenvalue weighted by Gasteiger charge is 2.19. The first-order valence-electron chi connectivity index (χ1n) is 9.55. The molecule has 152 valence electrons. The van der Waals surface area contributed by atoms with Crippen LogP contribution in [0.3, 0.4) is 0 Å². The Bertz CT molecular complexity index is 1200. The van der Waals surface area contributed by atoms with Crippen molar-refractivity contribution in [1.29, 1.82) is 0 Å². The quantitative estimate of drug-likeness (QED) is 0.532. The van der Waals surface area contributed by atoms with E-state index in [2.05, 4.69) is 15.4 Å². The van der Waals surface area contributed by atoms with E-state index in [-0.39, 0.29) is 11.7 Å². The molecule has 4 rings (SSSR count). The summed E-state index contributed by atoms with van der Waals surface area (Å²) in [5.41, 5.74) is 3.98. The molecule has 2 aromatic heterocycles. The van der Waals surface area contributed by atoms with Crippen LogP contribution in [0.4, 0.5) is 10.1 Å². The van der Waals surface area contributed by atoms with Gasteiger partial charge in [0.2, 0.25) is 5.88 Å². The van der Waals surface area contributed by atoms with Gasteiger partial charge in [0.25, 0.3) is 5.91 Å². The molecule has 4 aromatic rings. The van der Waals surface area contributed by atoms with Crippen molar-refractivity contribution >= 4 is 22.6 Å². The highest BCUT2D eigenvalue weighted by Crippen LogP contribution is 2.33. The van der Waals surface area contributed by atoms with Gasteiger partial charge in [0.05, 0.1) is 11.1 Å². The van der Waals surface area contributed by atoms with Crippen LogP contribution in [0, 0.1) is 12.7 Å². The van der Waals surface area contributed by atoms with Gasteiger partial charge in [-0.15, -0.1) is 0 Å². The molecular formula is C23H21FN4O2. The number of nitrogens with zero attached hydrogens (tertiary/aromatic N) is 3. The number of carbonyl (C=O) groups is 1. The van der Waals surface area contributed by atoms with Crippen molar-refractivity contribution in [3.05, 3.63) is 72.2 Å². The number of benzene rings is 2. The zero-order valence-electron chi connectivity index (χ0n) is 16.9. The van der Waals surface area contributed by atoms with Gasteiger partial charge in [0, 0.05) is 18.8 Å². The first kappa shape index (κ1) is 19.6. The lowest BCUT2D eigenvalue weighted by molar-refractivity contribution is -0.122. The van der Waals surface area contributed by atoms with Gasteiger partial charge in [-0.05, 0) is 49.2 Å². The van der Waals surface area contributed by atoms with Crippen molar-refractivity contribution in [3.8, 4) is 17.0 Å². The summed E-state index contributed by atoms with van der Waals surface area (Å²) < 4.78 is 20.6. The van der Waals surface area contributed by atoms with Gasteiger partial charge in [0.1, 0.15) is 5.82 Å². The summed E-state index contributed by atoms with van der Waals surface area (Å²) in [7, 11) is 1.82. The molecule has 2 aromatic carbocycles. The Morgan fingerprint density at radius 1 is 1.13 bits per heavy atom. The molecule has 6 nitrogen and oxygen atoms in total.